The summed E-state index contributed by atoms with van der Waals surface area (Å²) >= 11 is 2.14. The van der Waals surface area contributed by atoms with E-state index in [1.54, 1.807) is 0 Å². The molecule has 0 aliphatic carbocycles. The van der Waals surface area contributed by atoms with Gasteiger partial charge in [0.05, 0.1) is 3.57 Å². The molecule has 0 amide bonds. The third-order valence-corrected chi connectivity index (χ3v) is 2.67. The van der Waals surface area contributed by atoms with Crippen LogP contribution in [0.15, 0.2) is 29.8 Å². The molecule has 0 aliphatic heterocycles. The molecule has 0 saturated heterocycles. The maximum absolute atomic E-state index is 9.67. The Morgan fingerprint density at radius 2 is 2.15 bits per heavy atom. The van der Waals surface area contributed by atoms with Crippen LogP contribution in [0.1, 0.15) is 19.4 Å². The molecule has 0 saturated carbocycles. The molecule has 1 nitrogen and oxygen atoms in total. The van der Waals surface area contributed by atoms with Crippen molar-refractivity contribution < 1.29 is 5.11 Å². The minimum absolute atomic E-state index is 0.417. The molecule has 70 valence electrons. The molecule has 1 aromatic carbocycles. The number of hydrogen-bond acceptors (Lipinski definition) is 1. The molecular weight excluding hydrogens is 275 g/mol. The summed E-state index contributed by atoms with van der Waals surface area (Å²) in [6, 6.07) is 5.83. The van der Waals surface area contributed by atoms with Crippen molar-refractivity contribution in [3.05, 3.63) is 39.0 Å². The number of para-hydroxylation sites is 1. The van der Waals surface area contributed by atoms with Gasteiger partial charge in [-0.3, -0.25) is 0 Å². The minimum Gasteiger partial charge on any atom is -0.507 e. The fourth-order valence-corrected chi connectivity index (χ4v) is 1.59. The zero-order chi connectivity index (χ0) is 9.84. The molecule has 0 spiro atoms. The summed E-state index contributed by atoms with van der Waals surface area (Å²) in [6.07, 6.45) is 2.93. The summed E-state index contributed by atoms with van der Waals surface area (Å²) in [5.74, 6) is 0.417. The highest BCUT2D eigenvalue weighted by molar-refractivity contribution is 14.1. The monoisotopic (exact) mass is 288 g/mol. The Morgan fingerprint density at radius 1 is 1.46 bits per heavy atom. The van der Waals surface area contributed by atoms with Crippen LogP contribution < -0.4 is 0 Å². The lowest BCUT2D eigenvalue weighted by Gasteiger charge is -2.03. The highest BCUT2D eigenvalue weighted by Crippen LogP contribution is 2.24. The third kappa shape index (κ3) is 3.03. The van der Waals surface area contributed by atoms with E-state index < -0.39 is 0 Å². The summed E-state index contributed by atoms with van der Waals surface area (Å²) < 4.78 is 0.914. The average Bonchev–Trinajstić information content (AvgIpc) is 2.07. The first-order valence-electron chi connectivity index (χ1n) is 4.21. The molecule has 1 N–H and O–H groups in total. The van der Waals surface area contributed by atoms with Crippen molar-refractivity contribution >= 4 is 22.6 Å². The summed E-state index contributed by atoms with van der Waals surface area (Å²) in [7, 11) is 0. The van der Waals surface area contributed by atoms with E-state index in [1.165, 1.54) is 5.57 Å². The predicted molar refractivity (Wildman–Crippen MR) is 64.0 cm³/mol. The zero-order valence-electron chi connectivity index (χ0n) is 7.84. The van der Waals surface area contributed by atoms with E-state index in [-0.39, 0.29) is 0 Å². The van der Waals surface area contributed by atoms with Crippen LogP contribution in [-0.4, -0.2) is 5.11 Å². The van der Waals surface area contributed by atoms with Crippen molar-refractivity contribution in [2.45, 2.75) is 20.3 Å². The van der Waals surface area contributed by atoms with Crippen LogP contribution in [0.5, 0.6) is 5.75 Å². The van der Waals surface area contributed by atoms with E-state index in [9.17, 15) is 5.11 Å². The molecule has 0 bridgehead atoms. The molecule has 1 aromatic rings. The lowest BCUT2D eigenvalue weighted by atomic mass is 10.1. The molecule has 0 heterocycles. The lowest BCUT2D eigenvalue weighted by molar-refractivity contribution is 0.466. The van der Waals surface area contributed by atoms with E-state index in [1.807, 2.05) is 18.2 Å². The van der Waals surface area contributed by atoms with Gasteiger partial charge in [-0.1, -0.05) is 23.8 Å². The van der Waals surface area contributed by atoms with E-state index in [4.69, 9.17) is 0 Å². The Labute approximate surface area is 92.6 Å². The lowest BCUT2D eigenvalue weighted by Crippen LogP contribution is -1.85. The number of hydrogen-bond donors (Lipinski definition) is 1. The average molecular weight is 288 g/mol. The van der Waals surface area contributed by atoms with E-state index in [2.05, 4.69) is 42.5 Å². The molecule has 0 aromatic heterocycles. The normalized spacial score (nSPS) is 9.77. The molecule has 0 fully saturated rings. The van der Waals surface area contributed by atoms with E-state index >= 15 is 0 Å². The van der Waals surface area contributed by atoms with Gasteiger partial charge in [-0.25, -0.2) is 0 Å². The van der Waals surface area contributed by atoms with Crippen LogP contribution in [0.4, 0.5) is 0 Å². The molecule has 1 rings (SSSR count). The minimum atomic E-state index is 0.417. The van der Waals surface area contributed by atoms with Crippen molar-refractivity contribution in [2.75, 3.05) is 0 Å². The number of allylic oxidation sites excluding steroid dienone is 2. The zero-order valence-corrected chi connectivity index (χ0v) is 10.00. The number of aromatic hydroxyl groups is 1. The summed E-state index contributed by atoms with van der Waals surface area (Å²) in [4.78, 5) is 0. The second kappa shape index (κ2) is 4.65. The summed E-state index contributed by atoms with van der Waals surface area (Å²) in [6.45, 7) is 4.12. The Hall–Kier alpha value is -0.510. The summed E-state index contributed by atoms with van der Waals surface area (Å²) in [5, 5.41) is 9.67. The number of halogens is 1. The second-order valence-electron chi connectivity index (χ2n) is 3.23. The first kappa shape index (κ1) is 10.6. The van der Waals surface area contributed by atoms with Crippen LogP contribution in [0.25, 0.3) is 0 Å². The van der Waals surface area contributed by atoms with Crippen LogP contribution >= 0.6 is 22.6 Å². The Morgan fingerprint density at radius 3 is 2.77 bits per heavy atom. The van der Waals surface area contributed by atoms with Gasteiger partial charge in [0.25, 0.3) is 0 Å². The van der Waals surface area contributed by atoms with Gasteiger partial charge < -0.3 is 5.11 Å². The highest BCUT2D eigenvalue weighted by Gasteiger charge is 2.01. The molecule has 13 heavy (non-hydrogen) atoms. The van der Waals surface area contributed by atoms with Crippen LogP contribution in [0.2, 0.25) is 0 Å². The fourth-order valence-electron chi connectivity index (χ4n) is 1.04. The van der Waals surface area contributed by atoms with Gasteiger partial charge in [-0.2, -0.15) is 0 Å². The van der Waals surface area contributed by atoms with Crippen LogP contribution in [-0.2, 0) is 6.42 Å². The first-order valence-corrected chi connectivity index (χ1v) is 5.29. The van der Waals surface area contributed by atoms with Crippen molar-refractivity contribution in [3.63, 3.8) is 0 Å². The van der Waals surface area contributed by atoms with Gasteiger partial charge in [0.15, 0.2) is 0 Å². The number of phenols is 1. The van der Waals surface area contributed by atoms with E-state index in [0.29, 0.717) is 5.75 Å². The Bertz CT molecular complexity index is 325. The third-order valence-electron chi connectivity index (χ3n) is 1.80. The van der Waals surface area contributed by atoms with Crippen molar-refractivity contribution in [3.8, 4) is 5.75 Å². The number of benzene rings is 1. The smallest absolute Gasteiger partial charge is 0.132 e. The van der Waals surface area contributed by atoms with Gasteiger partial charge in [0.1, 0.15) is 5.75 Å². The standard InChI is InChI=1S/C11H13IO/c1-8(2)6-7-9-4-3-5-10(12)11(9)13/h3-6,13H,7H2,1-2H3. The molecule has 0 radical (unpaired) electrons. The van der Waals surface area contributed by atoms with Gasteiger partial charge in [-0.05, 0) is 54.5 Å². The maximum Gasteiger partial charge on any atom is 0.132 e. The van der Waals surface area contributed by atoms with Crippen molar-refractivity contribution in [1.29, 1.82) is 0 Å². The van der Waals surface area contributed by atoms with Crippen LogP contribution in [0.3, 0.4) is 0 Å². The van der Waals surface area contributed by atoms with Crippen molar-refractivity contribution in [2.24, 2.45) is 0 Å². The number of rotatable bonds is 2. The van der Waals surface area contributed by atoms with E-state index in [0.717, 1.165) is 15.6 Å². The molecule has 0 atom stereocenters. The molecule has 0 aliphatic rings. The predicted octanol–water partition coefficient (Wildman–Crippen LogP) is 3.51. The summed E-state index contributed by atoms with van der Waals surface area (Å²) in [5.41, 5.74) is 2.27. The van der Waals surface area contributed by atoms with Crippen molar-refractivity contribution in [1.82, 2.24) is 0 Å². The highest BCUT2D eigenvalue weighted by atomic mass is 127. The van der Waals surface area contributed by atoms with Gasteiger partial charge in [0.2, 0.25) is 0 Å². The van der Waals surface area contributed by atoms with Gasteiger partial charge in [-0.15, -0.1) is 0 Å². The first-order chi connectivity index (χ1) is 6.11. The fraction of sp³-hybridized carbons (Fsp3) is 0.273. The quantitative estimate of drug-likeness (QED) is 0.652. The maximum atomic E-state index is 9.67. The SMILES string of the molecule is CC(C)=CCc1cccc(I)c1O. The molecule has 2 heteroatoms. The Balaban J connectivity index is 2.89. The second-order valence-corrected chi connectivity index (χ2v) is 4.40. The molecule has 0 unspecified atom stereocenters. The topological polar surface area (TPSA) is 20.2 Å². The molecular formula is C11H13IO. The van der Waals surface area contributed by atoms with Crippen LogP contribution in [0, 0.1) is 3.57 Å². The number of phenolic OH excluding ortho intramolecular Hbond substituents is 1. The van der Waals surface area contributed by atoms with Gasteiger partial charge in [0, 0.05) is 0 Å². The van der Waals surface area contributed by atoms with Gasteiger partial charge >= 0.3 is 0 Å². The largest absolute Gasteiger partial charge is 0.507 e. The Kier molecular flexibility index (Phi) is 3.78.